The van der Waals surface area contributed by atoms with Crippen LogP contribution in [0.15, 0.2) is 59.9 Å². The molecule has 8 nitrogen and oxygen atoms in total. The molecule has 1 aromatic carbocycles. The van der Waals surface area contributed by atoms with E-state index in [1.54, 1.807) is 37.5 Å². The number of aliphatic imine (C=N–C) groups is 1. The Morgan fingerprint density at radius 2 is 2.09 bits per heavy atom. The summed E-state index contributed by atoms with van der Waals surface area (Å²) in [4.78, 5) is 20.2. The molecule has 0 unspecified atom stereocenters. The molecule has 0 bridgehead atoms. The normalized spacial score (nSPS) is 20.7. The maximum absolute atomic E-state index is 13.4. The molecule has 0 spiro atoms. The molecule has 1 fully saturated rings. The first-order chi connectivity index (χ1) is 15.8. The number of nitriles is 1. The third-order valence-electron chi connectivity index (χ3n) is 5.76. The van der Waals surface area contributed by atoms with Crippen molar-refractivity contribution in [3.8, 4) is 6.07 Å². The van der Waals surface area contributed by atoms with Crippen molar-refractivity contribution in [3.05, 3.63) is 66.3 Å². The molecule has 1 amide bonds. The smallest absolute Gasteiger partial charge is 0.252 e. The molecule has 2 aliphatic rings. The number of carbonyl (C=O) groups is 1. The monoisotopic (exact) mass is 453 g/mol. The van der Waals surface area contributed by atoms with E-state index in [9.17, 15) is 24.7 Å². The van der Waals surface area contributed by atoms with Gasteiger partial charge in [-0.25, -0.2) is 9.38 Å². The van der Waals surface area contributed by atoms with E-state index in [2.05, 4.69) is 16.9 Å². The SMILES string of the molecule is C=C1/C=C\C=C/N(C)C([C@H](O)[C@@H](O)C(=O)NCC2CCN(c3ccc(F)cc3C#N)CC2)=N1. The van der Waals surface area contributed by atoms with Crippen LogP contribution in [0.3, 0.4) is 0 Å². The van der Waals surface area contributed by atoms with Gasteiger partial charge >= 0.3 is 0 Å². The number of rotatable bonds is 6. The average molecular weight is 454 g/mol. The van der Waals surface area contributed by atoms with Gasteiger partial charge in [-0.3, -0.25) is 4.79 Å². The first kappa shape index (κ1) is 24.2. The summed E-state index contributed by atoms with van der Waals surface area (Å²) in [6.45, 7) is 5.43. The summed E-state index contributed by atoms with van der Waals surface area (Å²) in [5.74, 6) is -0.834. The molecule has 2 aliphatic heterocycles. The Balaban J connectivity index is 1.53. The number of piperidine rings is 1. The number of aliphatic hydroxyl groups excluding tert-OH is 2. The fourth-order valence-electron chi connectivity index (χ4n) is 3.85. The van der Waals surface area contributed by atoms with Crippen molar-refractivity contribution >= 4 is 17.4 Å². The van der Waals surface area contributed by atoms with Gasteiger partial charge in [0, 0.05) is 32.9 Å². The lowest BCUT2D eigenvalue weighted by molar-refractivity contribution is -0.133. The van der Waals surface area contributed by atoms with Crippen LogP contribution in [0.1, 0.15) is 18.4 Å². The van der Waals surface area contributed by atoms with Crippen molar-refractivity contribution in [2.75, 3.05) is 31.6 Å². The van der Waals surface area contributed by atoms with Gasteiger partial charge in [0.1, 0.15) is 23.8 Å². The zero-order valence-electron chi connectivity index (χ0n) is 18.5. The van der Waals surface area contributed by atoms with Gasteiger partial charge < -0.3 is 25.3 Å². The summed E-state index contributed by atoms with van der Waals surface area (Å²) in [5, 5.41) is 32.9. The molecule has 174 valence electrons. The maximum atomic E-state index is 13.4. The Morgan fingerprint density at radius 1 is 1.36 bits per heavy atom. The molecule has 0 aromatic heterocycles. The number of likely N-dealkylation sites (N-methyl/N-ethyl adjacent to an activating group) is 1. The Bertz CT molecular complexity index is 1020. The average Bonchev–Trinajstić information content (AvgIpc) is 2.81. The minimum atomic E-state index is -1.69. The number of benzene rings is 1. The fraction of sp³-hybridized carbons (Fsp3) is 0.375. The van der Waals surface area contributed by atoms with E-state index in [0.29, 0.717) is 36.6 Å². The lowest BCUT2D eigenvalue weighted by Gasteiger charge is -2.34. The zero-order valence-corrected chi connectivity index (χ0v) is 18.5. The minimum Gasteiger partial charge on any atom is -0.382 e. The second-order valence-corrected chi connectivity index (χ2v) is 8.11. The Kier molecular flexibility index (Phi) is 7.98. The van der Waals surface area contributed by atoms with E-state index in [1.165, 1.54) is 17.0 Å². The highest BCUT2D eigenvalue weighted by molar-refractivity contribution is 5.94. The van der Waals surface area contributed by atoms with Gasteiger partial charge in [-0.15, -0.1) is 0 Å². The largest absolute Gasteiger partial charge is 0.382 e. The highest BCUT2D eigenvalue weighted by Crippen LogP contribution is 2.26. The van der Waals surface area contributed by atoms with Crippen molar-refractivity contribution in [2.45, 2.75) is 25.0 Å². The number of nitrogens with zero attached hydrogens (tertiary/aromatic N) is 4. The molecular formula is C24H28FN5O3. The lowest BCUT2D eigenvalue weighted by atomic mass is 9.95. The van der Waals surface area contributed by atoms with Gasteiger partial charge in [-0.2, -0.15) is 5.26 Å². The number of amidine groups is 1. The van der Waals surface area contributed by atoms with Crippen molar-refractivity contribution in [3.63, 3.8) is 0 Å². The van der Waals surface area contributed by atoms with Gasteiger partial charge in [0.05, 0.1) is 16.9 Å². The number of carbonyl (C=O) groups excluding carboxylic acids is 1. The minimum absolute atomic E-state index is 0.115. The van der Waals surface area contributed by atoms with Crippen LogP contribution < -0.4 is 10.2 Å². The summed E-state index contributed by atoms with van der Waals surface area (Å²) in [5.41, 5.74) is 1.39. The Hall–Kier alpha value is -3.48. The summed E-state index contributed by atoms with van der Waals surface area (Å²) in [7, 11) is 1.66. The quantitative estimate of drug-likeness (QED) is 0.604. The molecular weight excluding hydrogens is 425 g/mol. The molecule has 0 radical (unpaired) electrons. The molecule has 33 heavy (non-hydrogen) atoms. The molecule has 3 N–H and O–H groups in total. The van der Waals surface area contributed by atoms with E-state index in [0.717, 1.165) is 12.8 Å². The predicted octanol–water partition coefficient (Wildman–Crippen LogP) is 1.68. The molecule has 1 saturated heterocycles. The van der Waals surface area contributed by atoms with Crippen molar-refractivity contribution in [1.29, 1.82) is 5.26 Å². The number of anilines is 1. The van der Waals surface area contributed by atoms with E-state index < -0.39 is 23.9 Å². The Morgan fingerprint density at radius 3 is 2.79 bits per heavy atom. The number of halogens is 1. The van der Waals surface area contributed by atoms with Crippen LogP contribution in [-0.4, -0.2) is 65.7 Å². The van der Waals surface area contributed by atoms with Crippen molar-refractivity contribution in [2.24, 2.45) is 10.9 Å². The number of hydrogen-bond acceptors (Lipinski definition) is 7. The van der Waals surface area contributed by atoms with Crippen LogP contribution in [0.2, 0.25) is 0 Å². The van der Waals surface area contributed by atoms with E-state index >= 15 is 0 Å². The summed E-state index contributed by atoms with van der Waals surface area (Å²) < 4.78 is 13.4. The van der Waals surface area contributed by atoms with Crippen molar-refractivity contribution in [1.82, 2.24) is 10.2 Å². The second kappa shape index (κ2) is 10.9. The van der Waals surface area contributed by atoms with Crippen LogP contribution in [0.4, 0.5) is 10.1 Å². The maximum Gasteiger partial charge on any atom is 0.252 e. The molecule has 2 atom stereocenters. The molecule has 0 saturated carbocycles. The standard InChI is InChI=1S/C24H28FN5O3/c1-16-5-3-4-10-29(2)23(28-16)21(31)22(32)24(33)27-15-17-8-11-30(12-9-17)20-7-6-19(25)13-18(20)14-26/h3-7,10,13,17,21-22,31-32H,1,8-9,11-12,15H2,2H3,(H,27,33)/b5-3-,10-4-,28-23?/t21-,22-/m1/s1. The number of aliphatic hydroxyl groups is 2. The number of amides is 1. The van der Waals surface area contributed by atoms with Crippen LogP contribution in [0.5, 0.6) is 0 Å². The Labute approximate surface area is 192 Å². The van der Waals surface area contributed by atoms with E-state index in [4.69, 9.17) is 0 Å². The molecule has 2 heterocycles. The highest BCUT2D eigenvalue weighted by atomic mass is 19.1. The number of allylic oxidation sites excluding steroid dienone is 3. The third kappa shape index (κ3) is 6.06. The predicted molar refractivity (Wildman–Crippen MR) is 124 cm³/mol. The fourth-order valence-corrected chi connectivity index (χ4v) is 3.85. The van der Waals surface area contributed by atoms with Crippen LogP contribution in [0.25, 0.3) is 0 Å². The summed E-state index contributed by atoms with van der Waals surface area (Å²) >= 11 is 0. The molecule has 0 aliphatic carbocycles. The van der Waals surface area contributed by atoms with E-state index in [1.807, 2.05) is 11.0 Å². The van der Waals surface area contributed by atoms with Crippen LogP contribution >= 0.6 is 0 Å². The molecule has 1 aromatic rings. The lowest BCUT2D eigenvalue weighted by Crippen LogP contribution is -2.50. The summed E-state index contributed by atoms with van der Waals surface area (Å²) in [6, 6.07) is 6.22. The topological polar surface area (TPSA) is 112 Å². The zero-order chi connectivity index (χ0) is 24.0. The molecule has 3 rings (SSSR count). The van der Waals surface area contributed by atoms with Gasteiger partial charge in [-0.1, -0.05) is 12.7 Å². The number of nitrogens with one attached hydrogen (secondary N) is 1. The van der Waals surface area contributed by atoms with Gasteiger partial charge in [0.15, 0.2) is 6.10 Å². The van der Waals surface area contributed by atoms with Crippen LogP contribution in [0, 0.1) is 23.1 Å². The van der Waals surface area contributed by atoms with Gasteiger partial charge in [-0.05, 0) is 49.1 Å². The highest BCUT2D eigenvalue weighted by Gasteiger charge is 2.31. The van der Waals surface area contributed by atoms with Gasteiger partial charge in [0.25, 0.3) is 5.91 Å². The first-order valence-corrected chi connectivity index (χ1v) is 10.7. The number of hydrogen-bond donors (Lipinski definition) is 3. The summed E-state index contributed by atoms with van der Waals surface area (Å²) in [6.07, 6.45) is 5.10. The van der Waals surface area contributed by atoms with E-state index in [-0.39, 0.29) is 11.8 Å². The third-order valence-corrected chi connectivity index (χ3v) is 5.76. The van der Waals surface area contributed by atoms with Gasteiger partial charge in [0.2, 0.25) is 0 Å². The van der Waals surface area contributed by atoms with Crippen LogP contribution in [-0.2, 0) is 4.79 Å². The second-order valence-electron chi connectivity index (χ2n) is 8.11. The van der Waals surface area contributed by atoms with Crippen molar-refractivity contribution < 1.29 is 19.4 Å². The first-order valence-electron chi connectivity index (χ1n) is 10.7. The molecule has 9 heteroatoms.